The number of benzene rings is 2. The van der Waals surface area contributed by atoms with Gasteiger partial charge in [-0.05, 0) is 24.1 Å². The summed E-state index contributed by atoms with van der Waals surface area (Å²) in [6, 6.07) is 13.1. The van der Waals surface area contributed by atoms with Crippen molar-refractivity contribution in [2.45, 2.75) is 12.5 Å². The molecule has 0 fully saturated rings. The van der Waals surface area contributed by atoms with Gasteiger partial charge in [-0.25, -0.2) is 4.79 Å². The number of nitrogens with two attached hydrogens (primary N) is 1. The summed E-state index contributed by atoms with van der Waals surface area (Å²) in [5, 5.41) is 10.5. The van der Waals surface area contributed by atoms with Crippen LogP contribution in [0.15, 0.2) is 54.6 Å². The molecule has 0 saturated carbocycles. The lowest BCUT2D eigenvalue weighted by molar-refractivity contribution is -0.384. The van der Waals surface area contributed by atoms with Crippen molar-refractivity contribution < 1.29 is 19.3 Å². The molecular weight excluding hydrogens is 350 g/mol. The summed E-state index contributed by atoms with van der Waals surface area (Å²) in [6.07, 6.45) is 0.293. The molecule has 0 heterocycles. The number of amides is 1. The molecule has 0 saturated heterocycles. The first-order chi connectivity index (χ1) is 11.5. The third-order valence-corrected chi connectivity index (χ3v) is 3.19. The first kappa shape index (κ1) is 20.1. The summed E-state index contributed by atoms with van der Waals surface area (Å²) >= 11 is 0. The fraction of sp³-hybridized carbons (Fsp3) is 0.125. The van der Waals surface area contributed by atoms with E-state index in [1.54, 1.807) is 0 Å². The van der Waals surface area contributed by atoms with E-state index < -0.39 is 22.8 Å². The van der Waals surface area contributed by atoms with Gasteiger partial charge in [0, 0.05) is 12.1 Å². The fourth-order valence-electron chi connectivity index (χ4n) is 1.91. The monoisotopic (exact) mass is 365 g/mol. The molecule has 0 radical (unpaired) electrons. The van der Waals surface area contributed by atoms with Gasteiger partial charge in [0.25, 0.3) is 11.6 Å². The van der Waals surface area contributed by atoms with Gasteiger partial charge in [-0.3, -0.25) is 14.9 Å². The number of nitro groups is 1. The second-order valence-electron chi connectivity index (χ2n) is 4.96. The molecule has 2 aromatic carbocycles. The van der Waals surface area contributed by atoms with Crippen molar-refractivity contribution >= 4 is 30.0 Å². The van der Waals surface area contributed by atoms with Gasteiger partial charge in [-0.1, -0.05) is 30.3 Å². The number of carbonyl (C=O) groups is 2. The number of nitro benzene ring substituents is 1. The minimum Gasteiger partial charge on any atom is -0.335 e. The van der Waals surface area contributed by atoms with Gasteiger partial charge in [0.15, 0.2) is 0 Å². The Bertz CT molecular complexity index is 737. The van der Waals surface area contributed by atoms with Gasteiger partial charge >= 0.3 is 5.97 Å². The van der Waals surface area contributed by atoms with Crippen LogP contribution in [0.25, 0.3) is 0 Å². The number of carbonyl (C=O) groups excluding carboxylic acids is 2. The minimum atomic E-state index is -0.878. The molecule has 3 N–H and O–H groups in total. The Morgan fingerprint density at radius 2 is 1.72 bits per heavy atom. The molecule has 8 nitrogen and oxygen atoms in total. The van der Waals surface area contributed by atoms with Gasteiger partial charge in [0.2, 0.25) is 0 Å². The molecule has 0 aliphatic carbocycles. The molecule has 0 aromatic heterocycles. The smallest absolute Gasteiger partial charge is 0.335 e. The van der Waals surface area contributed by atoms with Crippen LogP contribution in [0.2, 0.25) is 0 Å². The lowest BCUT2D eigenvalue weighted by Crippen LogP contribution is -2.42. The number of hydrogen-bond acceptors (Lipinski definition) is 6. The Balaban J connectivity index is 0.00000312. The normalized spacial score (nSPS) is 10.9. The molecule has 9 heteroatoms. The number of halogens is 1. The lowest BCUT2D eigenvalue weighted by Gasteiger charge is -2.12. The van der Waals surface area contributed by atoms with Gasteiger partial charge in [0.05, 0.1) is 16.5 Å². The van der Waals surface area contributed by atoms with E-state index in [0.717, 1.165) is 5.56 Å². The molecule has 0 aliphatic heterocycles. The van der Waals surface area contributed by atoms with Crippen LogP contribution in [-0.2, 0) is 16.1 Å². The van der Waals surface area contributed by atoms with Crippen LogP contribution in [0.1, 0.15) is 15.9 Å². The van der Waals surface area contributed by atoms with E-state index in [1.165, 1.54) is 24.3 Å². The van der Waals surface area contributed by atoms with Gasteiger partial charge in [-0.15, -0.1) is 12.4 Å². The van der Waals surface area contributed by atoms with Gasteiger partial charge < -0.3 is 10.6 Å². The molecule has 2 rings (SSSR count). The van der Waals surface area contributed by atoms with Crippen molar-refractivity contribution in [3.8, 4) is 0 Å². The van der Waals surface area contributed by atoms with Crippen LogP contribution in [0, 0.1) is 10.1 Å². The molecule has 0 bridgehead atoms. The molecular formula is C16H16ClN3O5. The predicted molar refractivity (Wildman–Crippen MR) is 92.0 cm³/mol. The van der Waals surface area contributed by atoms with E-state index in [-0.39, 0.29) is 23.7 Å². The average Bonchev–Trinajstić information content (AvgIpc) is 2.60. The third-order valence-electron chi connectivity index (χ3n) is 3.19. The van der Waals surface area contributed by atoms with Crippen molar-refractivity contribution in [2.24, 2.45) is 5.73 Å². The summed E-state index contributed by atoms with van der Waals surface area (Å²) in [5.74, 6) is -1.49. The Kier molecular flexibility index (Phi) is 7.51. The lowest BCUT2D eigenvalue weighted by atomic mass is 10.1. The van der Waals surface area contributed by atoms with Crippen LogP contribution in [0.3, 0.4) is 0 Å². The standard InChI is InChI=1S/C16H15N3O5.ClH/c17-14(10-11-4-2-1-3-5-11)15(20)18-24-16(21)12-6-8-13(9-7-12)19(22)23;/h1-9,14H,10,17H2,(H,18,20);1H. The van der Waals surface area contributed by atoms with Crippen LogP contribution >= 0.6 is 12.4 Å². The Morgan fingerprint density at radius 3 is 2.28 bits per heavy atom. The van der Waals surface area contributed by atoms with Crippen LogP contribution < -0.4 is 11.2 Å². The van der Waals surface area contributed by atoms with Crippen molar-refractivity contribution in [1.29, 1.82) is 0 Å². The van der Waals surface area contributed by atoms with Crippen LogP contribution in [0.5, 0.6) is 0 Å². The summed E-state index contributed by atoms with van der Waals surface area (Å²) in [4.78, 5) is 38.2. The maximum Gasteiger partial charge on any atom is 0.362 e. The number of non-ortho nitro benzene ring substituents is 1. The van der Waals surface area contributed by atoms with E-state index in [2.05, 4.69) is 4.84 Å². The van der Waals surface area contributed by atoms with E-state index >= 15 is 0 Å². The highest BCUT2D eigenvalue weighted by molar-refractivity contribution is 5.91. The maximum atomic E-state index is 11.8. The molecule has 25 heavy (non-hydrogen) atoms. The van der Waals surface area contributed by atoms with Gasteiger partial charge in [-0.2, -0.15) is 5.48 Å². The van der Waals surface area contributed by atoms with E-state index in [4.69, 9.17) is 5.73 Å². The Labute approximate surface area is 149 Å². The molecule has 0 aliphatic rings. The molecule has 2 aromatic rings. The zero-order valence-electron chi connectivity index (χ0n) is 13.0. The summed E-state index contributed by atoms with van der Waals surface area (Å²) in [5.41, 5.74) is 8.53. The molecule has 0 spiro atoms. The largest absolute Gasteiger partial charge is 0.362 e. The van der Waals surface area contributed by atoms with E-state index in [1.807, 2.05) is 35.8 Å². The van der Waals surface area contributed by atoms with Crippen LogP contribution in [0.4, 0.5) is 5.69 Å². The number of hydrogen-bond donors (Lipinski definition) is 2. The second kappa shape index (κ2) is 9.36. The number of rotatable bonds is 5. The molecule has 132 valence electrons. The highest BCUT2D eigenvalue weighted by Gasteiger charge is 2.17. The number of nitrogens with one attached hydrogen (secondary N) is 1. The highest BCUT2D eigenvalue weighted by atomic mass is 35.5. The highest BCUT2D eigenvalue weighted by Crippen LogP contribution is 2.12. The van der Waals surface area contributed by atoms with E-state index in [0.29, 0.717) is 6.42 Å². The zero-order valence-corrected chi connectivity index (χ0v) is 13.8. The van der Waals surface area contributed by atoms with Crippen LogP contribution in [-0.4, -0.2) is 22.8 Å². The first-order valence-corrected chi connectivity index (χ1v) is 7.02. The minimum absolute atomic E-state index is 0. The second-order valence-corrected chi connectivity index (χ2v) is 4.96. The fourth-order valence-corrected chi connectivity index (χ4v) is 1.91. The topological polar surface area (TPSA) is 125 Å². The summed E-state index contributed by atoms with van der Waals surface area (Å²) in [7, 11) is 0. The van der Waals surface area contributed by atoms with Gasteiger partial charge in [0.1, 0.15) is 0 Å². The zero-order chi connectivity index (χ0) is 17.5. The molecule has 1 amide bonds. The Morgan fingerprint density at radius 1 is 1.12 bits per heavy atom. The SMILES string of the molecule is Cl.NC(Cc1ccccc1)C(=O)NOC(=O)c1ccc([N+](=O)[O-])cc1. The Hall–Kier alpha value is -2.97. The quantitative estimate of drug-likeness (QED) is 0.614. The maximum absolute atomic E-state index is 11.8. The summed E-state index contributed by atoms with van der Waals surface area (Å²) in [6.45, 7) is 0. The summed E-state index contributed by atoms with van der Waals surface area (Å²) < 4.78 is 0. The molecule has 1 atom stereocenters. The van der Waals surface area contributed by atoms with Crippen molar-refractivity contribution in [3.05, 3.63) is 75.8 Å². The average molecular weight is 366 g/mol. The number of nitrogens with zero attached hydrogens (tertiary/aromatic N) is 1. The van der Waals surface area contributed by atoms with Crippen molar-refractivity contribution in [2.75, 3.05) is 0 Å². The number of hydroxylamine groups is 1. The third kappa shape index (κ3) is 5.87. The van der Waals surface area contributed by atoms with E-state index in [9.17, 15) is 19.7 Å². The molecule has 1 unspecified atom stereocenters. The predicted octanol–water partition coefficient (Wildman–Crippen LogP) is 1.77. The van der Waals surface area contributed by atoms with Crippen molar-refractivity contribution in [3.63, 3.8) is 0 Å². The van der Waals surface area contributed by atoms with Crippen molar-refractivity contribution in [1.82, 2.24) is 5.48 Å². The first-order valence-electron chi connectivity index (χ1n) is 7.02.